The zero-order valence-electron chi connectivity index (χ0n) is 11.5. The smallest absolute Gasteiger partial charge is 0.320 e. The molecule has 0 saturated carbocycles. The summed E-state index contributed by atoms with van der Waals surface area (Å²) in [4.78, 5) is 19.7. The molecule has 1 aliphatic heterocycles. The largest absolute Gasteiger partial charge is 0.480 e. The Kier molecular flexibility index (Phi) is 4.36. The summed E-state index contributed by atoms with van der Waals surface area (Å²) >= 11 is 1.43. The molecule has 7 heteroatoms. The minimum Gasteiger partial charge on any atom is -0.480 e. The molecule has 19 heavy (non-hydrogen) atoms. The Labute approximate surface area is 117 Å². The van der Waals surface area contributed by atoms with Gasteiger partial charge in [-0.15, -0.1) is 0 Å². The Bertz CT molecular complexity index is 441. The zero-order chi connectivity index (χ0) is 14.0. The van der Waals surface area contributed by atoms with Gasteiger partial charge in [0.25, 0.3) is 0 Å². The van der Waals surface area contributed by atoms with Gasteiger partial charge in [-0.1, -0.05) is 13.8 Å². The van der Waals surface area contributed by atoms with Crippen LogP contribution in [0.4, 0.5) is 5.13 Å². The maximum Gasteiger partial charge on any atom is 0.320 e. The van der Waals surface area contributed by atoms with Crippen LogP contribution in [0.3, 0.4) is 0 Å². The minimum atomic E-state index is -0.758. The monoisotopic (exact) mass is 284 g/mol. The van der Waals surface area contributed by atoms with E-state index in [2.05, 4.69) is 28.1 Å². The highest BCUT2D eigenvalue weighted by molar-refractivity contribution is 7.09. The lowest BCUT2D eigenvalue weighted by Gasteiger charge is -2.36. The van der Waals surface area contributed by atoms with Crippen molar-refractivity contribution in [1.82, 2.24) is 14.3 Å². The van der Waals surface area contributed by atoms with Gasteiger partial charge in [-0.25, -0.2) is 4.98 Å². The number of anilines is 1. The average molecular weight is 284 g/mol. The molecule has 1 fully saturated rings. The predicted molar refractivity (Wildman–Crippen MR) is 74.9 cm³/mol. The van der Waals surface area contributed by atoms with Gasteiger partial charge in [0, 0.05) is 43.6 Å². The summed E-state index contributed by atoms with van der Waals surface area (Å²) in [5.74, 6) is 0.478. The molecular formula is C12H20N4O2S. The van der Waals surface area contributed by atoms with Crippen molar-refractivity contribution in [1.29, 1.82) is 0 Å². The number of piperazine rings is 1. The summed E-state index contributed by atoms with van der Waals surface area (Å²) in [6.45, 7) is 9.03. The fourth-order valence-corrected chi connectivity index (χ4v) is 2.91. The first-order valence-corrected chi connectivity index (χ1v) is 7.31. The summed E-state index contributed by atoms with van der Waals surface area (Å²) in [7, 11) is 0. The van der Waals surface area contributed by atoms with E-state index in [1.165, 1.54) is 11.5 Å². The topological polar surface area (TPSA) is 69.6 Å². The molecule has 1 aromatic rings. The van der Waals surface area contributed by atoms with Crippen LogP contribution in [0.25, 0.3) is 0 Å². The van der Waals surface area contributed by atoms with Gasteiger partial charge in [0.05, 0.1) is 0 Å². The zero-order valence-corrected chi connectivity index (χ0v) is 12.4. The number of rotatable bonds is 4. The van der Waals surface area contributed by atoms with Crippen LogP contribution in [-0.2, 0) is 4.79 Å². The number of hydrogen-bond donors (Lipinski definition) is 1. The molecule has 0 radical (unpaired) electrons. The second kappa shape index (κ2) is 5.83. The van der Waals surface area contributed by atoms with Crippen LogP contribution < -0.4 is 4.90 Å². The van der Waals surface area contributed by atoms with E-state index in [-0.39, 0.29) is 0 Å². The standard InChI is InChI=1S/C12H20N4O2S/c1-8(2)10-13-12(19-14-10)16-6-4-15(5-7-16)9(3)11(17)18/h8-9H,4-7H2,1-3H3,(H,17,18). The van der Waals surface area contributed by atoms with Crippen LogP contribution >= 0.6 is 11.5 Å². The molecule has 1 unspecified atom stereocenters. The molecule has 1 aliphatic rings. The fraction of sp³-hybridized carbons (Fsp3) is 0.750. The van der Waals surface area contributed by atoms with E-state index in [9.17, 15) is 4.79 Å². The van der Waals surface area contributed by atoms with E-state index >= 15 is 0 Å². The van der Waals surface area contributed by atoms with Crippen molar-refractivity contribution in [3.8, 4) is 0 Å². The lowest BCUT2D eigenvalue weighted by molar-refractivity contribution is -0.142. The highest BCUT2D eigenvalue weighted by Crippen LogP contribution is 2.22. The summed E-state index contributed by atoms with van der Waals surface area (Å²) in [6, 6.07) is -0.414. The number of aromatic nitrogens is 2. The molecule has 0 spiro atoms. The fourth-order valence-electron chi connectivity index (χ4n) is 2.05. The Morgan fingerprint density at radius 2 is 1.89 bits per heavy atom. The second-order valence-corrected chi connectivity index (χ2v) is 5.86. The molecule has 0 aromatic carbocycles. The van der Waals surface area contributed by atoms with E-state index in [1.807, 2.05) is 4.90 Å². The van der Waals surface area contributed by atoms with E-state index in [1.54, 1.807) is 6.92 Å². The lowest BCUT2D eigenvalue weighted by Crippen LogP contribution is -2.51. The summed E-state index contributed by atoms with van der Waals surface area (Å²) in [5.41, 5.74) is 0. The van der Waals surface area contributed by atoms with Gasteiger partial charge in [0.15, 0.2) is 0 Å². The molecule has 106 valence electrons. The van der Waals surface area contributed by atoms with Crippen LogP contribution in [-0.4, -0.2) is 57.6 Å². The lowest BCUT2D eigenvalue weighted by atomic mass is 10.2. The number of carboxylic acids is 1. The Morgan fingerprint density at radius 1 is 1.26 bits per heavy atom. The Balaban J connectivity index is 1.94. The van der Waals surface area contributed by atoms with E-state index in [0.29, 0.717) is 5.92 Å². The van der Waals surface area contributed by atoms with Crippen molar-refractivity contribution in [2.45, 2.75) is 32.7 Å². The molecule has 0 aliphatic carbocycles. The minimum absolute atomic E-state index is 0.346. The number of hydrogen-bond acceptors (Lipinski definition) is 6. The highest BCUT2D eigenvalue weighted by Gasteiger charge is 2.26. The van der Waals surface area contributed by atoms with Crippen LogP contribution in [0.15, 0.2) is 0 Å². The van der Waals surface area contributed by atoms with Gasteiger partial charge in [-0.05, 0) is 6.92 Å². The summed E-state index contributed by atoms with van der Waals surface area (Å²) < 4.78 is 4.35. The second-order valence-electron chi connectivity index (χ2n) is 5.13. The maximum atomic E-state index is 11.0. The van der Waals surface area contributed by atoms with Crippen LogP contribution in [0.1, 0.15) is 32.5 Å². The van der Waals surface area contributed by atoms with Crippen molar-refractivity contribution in [3.63, 3.8) is 0 Å². The van der Waals surface area contributed by atoms with Gasteiger partial charge >= 0.3 is 5.97 Å². The number of carboxylic acid groups (broad SMARTS) is 1. The molecule has 0 bridgehead atoms. The van der Waals surface area contributed by atoms with Crippen molar-refractivity contribution in [3.05, 3.63) is 5.82 Å². The third kappa shape index (κ3) is 3.22. The highest BCUT2D eigenvalue weighted by atomic mass is 32.1. The average Bonchev–Trinajstić information content (AvgIpc) is 2.87. The first-order chi connectivity index (χ1) is 8.99. The van der Waals surface area contributed by atoms with Crippen LogP contribution in [0.5, 0.6) is 0 Å². The predicted octanol–water partition coefficient (Wildman–Crippen LogP) is 1.26. The van der Waals surface area contributed by atoms with Crippen LogP contribution in [0, 0.1) is 0 Å². The molecule has 0 amide bonds. The molecule has 1 N–H and O–H groups in total. The SMILES string of the molecule is CC(C)c1nsc(N2CCN(C(C)C(=O)O)CC2)n1. The number of aliphatic carboxylic acids is 1. The summed E-state index contributed by atoms with van der Waals surface area (Å²) in [5, 5.41) is 9.96. The van der Waals surface area contributed by atoms with Crippen LogP contribution in [0.2, 0.25) is 0 Å². The Morgan fingerprint density at radius 3 is 2.37 bits per heavy atom. The van der Waals surface area contributed by atoms with Crippen molar-refractivity contribution >= 4 is 22.6 Å². The third-order valence-electron chi connectivity index (χ3n) is 3.44. The van der Waals surface area contributed by atoms with Crippen molar-refractivity contribution < 1.29 is 9.90 Å². The molecular weight excluding hydrogens is 264 g/mol. The quantitative estimate of drug-likeness (QED) is 0.897. The summed E-state index contributed by atoms with van der Waals surface area (Å²) in [6.07, 6.45) is 0. The maximum absolute atomic E-state index is 11.0. The van der Waals surface area contributed by atoms with Gasteiger partial charge in [-0.2, -0.15) is 4.37 Å². The molecule has 2 heterocycles. The normalized spacial score (nSPS) is 18.8. The van der Waals surface area contributed by atoms with Crippen molar-refractivity contribution in [2.75, 3.05) is 31.1 Å². The third-order valence-corrected chi connectivity index (χ3v) is 4.23. The first kappa shape index (κ1) is 14.2. The van der Waals surface area contributed by atoms with Gasteiger partial charge in [-0.3, -0.25) is 9.69 Å². The Hall–Kier alpha value is -1.21. The number of carbonyl (C=O) groups is 1. The number of nitrogens with zero attached hydrogens (tertiary/aromatic N) is 4. The van der Waals surface area contributed by atoms with E-state index < -0.39 is 12.0 Å². The molecule has 1 aromatic heterocycles. The molecule has 2 rings (SSSR count). The van der Waals surface area contributed by atoms with E-state index in [0.717, 1.165) is 37.1 Å². The van der Waals surface area contributed by atoms with Gasteiger partial charge < -0.3 is 10.0 Å². The molecule has 1 atom stereocenters. The van der Waals surface area contributed by atoms with E-state index in [4.69, 9.17) is 5.11 Å². The molecule has 1 saturated heterocycles. The molecule has 6 nitrogen and oxygen atoms in total. The van der Waals surface area contributed by atoms with Gasteiger partial charge in [0.1, 0.15) is 11.9 Å². The van der Waals surface area contributed by atoms with Gasteiger partial charge in [0.2, 0.25) is 5.13 Å². The first-order valence-electron chi connectivity index (χ1n) is 6.54. The van der Waals surface area contributed by atoms with Crippen molar-refractivity contribution in [2.24, 2.45) is 0 Å².